The van der Waals surface area contributed by atoms with Crippen molar-refractivity contribution in [3.05, 3.63) is 41.7 Å². The van der Waals surface area contributed by atoms with Gasteiger partial charge in [-0.25, -0.2) is 0 Å². The van der Waals surface area contributed by atoms with E-state index in [2.05, 4.69) is 10.4 Å². The first kappa shape index (κ1) is 14.1. The van der Waals surface area contributed by atoms with Crippen molar-refractivity contribution < 1.29 is 9.53 Å². The molecule has 0 saturated heterocycles. The quantitative estimate of drug-likeness (QED) is 0.911. The van der Waals surface area contributed by atoms with Gasteiger partial charge in [0.2, 0.25) is 0 Å². The molecule has 2 rings (SSSR count). The SMILES string of the molecule is CCOc1ccc(NC(=O)c2cnn(CC)c2C)cc1. The van der Waals surface area contributed by atoms with Gasteiger partial charge in [0.1, 0.15) is 5.75 Å². The van der Waals surface area contributed by atoms with Crippen LogP contribution in [-0.2, 0) is 6.54 Å². The van der Waals surface area contributed by atoms with Crippen LogP contribution in [0.5, 0.6) is 5.75 Å². The third-order valence-corrected chi connectivity index (χ3v) is 3.07. The van der Waals surface area contributed by atoms with Crippen LogP contribution in [-0.4, -0.2) is 22.3 Å². The number of rotatable bonds is 5. The van der Waals surface area contributed by atoms with Crippen molar-refractivity contribution in [2.45, 2.75) is 27.3 Å². The predicted octanol–water partition coefficient (Wildman–Crippen LogP) is 2.86. The average molecular weight is 273 g/mol. The zero-order valence-corrected chi connectivity index (χ0v) is 12.0. The number of hydrogen-bond donors (Lipinski definition) is 1. The highest BCUT2D eigenvalue weighted by atomic mass is 16.5. The summed E-state index contributed by atoms with van der Waals surface area (Å²) in [7, 11) is 0. The van der Waals surface area contributed by atoms with Gasteiger partial charge in [-0.15, -0.1) is 0 Å². The van der Waals surface area contributed by atoms with E-state index in [0.29, 0.717) is 12.2 Å². The van der Waals surface area contributed by atoms with Crippen LogP contribution in [0, 0.1) is 6.92 Å². The highest BCUT2D eigenvalue weighted by Gasteiger charge is 2.13. The van der Waals surface area contributed by atoms with Crippen molar-refractivity contribution in [2.75, 3.05) is 11.9 Å². The lowest BCUT2D eigenvalue weighted by molar-refractivity contribution is 0.102. The number of benzene rings is 1. The number of nitrogens with one attached hydrogen (secondary N) is 1. The maximum absolute atomic E-state index is 12.2. The lowest BCUT2D eigenvalue weighted by Crippen LogP contribution is -2.13. The molecule has 1 heterocycles. The summed E-state index contributed by atoms with van der Waals surface area (Å²) in [6, 6.07) is 7.31. The first-order chi connectivity index (χ1) is 9.65. The number of hydrogen-bond acceptors (Lipinski definition) is 3. The normalized spacial score (nSPS) is 10.3. The molecule has 1 aromatic heterocycles. The number of anilines is 1. The van der Waals surface area contributed by atoms with Gasteiger partial charge in [0, 0.05) is 17.9 Å². The summed E-state index contributed by atoms with van der Waals surface area (Å²) in [4.78, 5) is 12.2. The number of ether oxygens (including phenoxy) is 1. The highest BCUT2D eigenvalue weighted by Crippen LogP contribution is 2.17. The molecular formula is C15H19N3O2. The summed E-state index contributed by atoms with van der Waals surface area (Å²) >= 11 is 0. The monoisotopic (exact) mass is 273 g/mol. The minimum Gasteiger partial charge on any atom is -0.494 e. The third-order valence-electron chi connectivity index (χ3n) is 3.07. The van der Waals surface area contributed by atoms with Crippen LogP contribution in [0.4, 0.5) is 5.69 Å². The summed E-state index contributed by atoms with van der Waals surface area (Å²) in [5, 5.41) is 7.03. The van der Waals surface area contributed by atoms with Gasteiger partial charge in [-0.2, -0.15) is 5.10 Å². The van der Waals surface area contributed by atoms with Crippen molar-refractivity contribution in [3.8, 4) is 5.75 Å². The van der Waals surface area contributed by atoms with Crippen LogP contribution in [0.15, 0.2) is 30.5 Å². The summed E-state index contributed by atoms with van der Waals surface area (Å²) in [6.07, 6.45) is 1.60. The fourth-order valence-electron chi connectivity index (χ4n) is 1.99. The molecule has 1 amide bonds. The van der Waals surface area contributed by atoms with E-state index in [1.165, 1.54) is 0 Å². The van der Waals surface area contributed by atoms with E-state index in [9.17, 15) is 4.79 Å². The van der Waals surface area contributed by atoms with Gasteiger partial charge < -0.3 is 10.1 Å². The van der Waals surface area contributed by atoms with E-state index in [1.807, 2.05) is 45.0 Å². The van der Waals surface area contributed by atoms with Crippen molar-refractivity contribution in [1.82, 2.24) is 9.78 Å². The molecule has 1 N–H and O–H groups in total. The van der Waals surface area contributed by atoms with E-state index in [0.717, 1.165) is 23.7 Å². The van der Waals surface area contributed by atoms with Crippen LogP contribution >= 0.6 is 0 Å². The summed E-state index contributed by atoms with van der Waals surface area (Å²) in [5.74, 6) is 0.645. The molecule has 5 nitrogen and oxygen atoms in total. The van der Waals surface area contributed by atoms with Crippen LogP contribution in [0.3, 0.4) is 0 Å². The molecule has 0 aliphatic rings. The first-order valence-corrected chi connectivity index (χ1v) is 6.72. The Morgan fingerprint density at radius 2 is 2.00 bits per heavy atom. The maximum atomic E-state index is 12.2. The Kier molecular flexibility index (Phi) is 4.40. The number of aromatic nitrogens is 2. The second kappa shape index (κ2) is 6.23. The third kappa shape index (κ3) is 2.99. The molecule has 0 radical (unpaired) electrons. The molecule has 0 aliphatic heterocycles. The Balaban J connectivity index is 2.09. The summed E-state index contributed by atoms with van der Waals surface area (Å²) < 4.78 is 7.16. The molecule has 20 heavy (non-hydrogen) atoms. The predicted molar refractivity (Wildman–Crippen MR) is 78.2 cm³/mol. The second-order valence-corrected chi connectivity index (χ2v) is 4.37. The first-order valence-electron chi connectivity index (χ1n) is 6.72. The molecule has 0 saturated carbocycles. The second-order valence-electron chi connectivity index (χ2n) is 4.37. The van der Waals surface area contributed by atoms with Crippen molar-refractivity contribution in [1.29, 1.82) is 0 Å². The van der Waals surface area contributed by atoms with Crippen molar-refractivity contribution in [3.63, 3.8) is 0 Å². The standard InChI is InChI=1S/C15H19N3O2/c1-4-18-11(3)14(10-16-18)15(19)17-12-6-8-13(9-7-12)20-5-2/h6-10H,4-5H2,1-3H3,(H,17,19). The molecule has 0 fully saturated rings. The minimum atomic E-state index is -0.147. The largest absolute Gasteiger partial charge is 0.494 e. The number of carbonyl (C=O) groups excluding carboxylic acids is 1. The Hall–Kier alpha value is -2.30. The van der Waals surface area contributed by atoms with Gasteiger partial charge in [-0.1, -0.05) is 0 Å². The molecule has 2 aromatic rings. The van der Waals surface area contributed by atoms with Gasteiger partial charge in [0.15, 0.2) is 0 Å². The Morgan fingerprint density at radius 3 is 2.55 bits per heavy atom. The van der Waals surface area contributed by atoms with Crippen LogP contribution in [0.25, 0.3) is 0 Å². The van der Waals surface area contributed by atoms with Crippen LogP contribution < -0.4 is 10.1 Å². The summed E-state index contributed by atoms with van der Waals surface area (Å²) in [6.45, 7) is 7.20. The van der Waals surface area contributed by atoms with Gasteiger partial charge in [0.25, 0.3) is 5.91 Å². The Bertz CT molecular complexity index is 588. The zero-order chi connectivity index (χ0) is 14.5. The van der Waals surface area contributed by atoms with Gasteiger partial charge in [-0.3, -0.25) is 9.48 Å². The molecule has 0 atom stereocenters. The average Bonchev–Trinajstić information content (AvgIpc) is 2.82. The lowest BCUT2D eigenvalue weighted by atomic mass is 10.2. The molecule has 0 aliphatic carbocycles. The highest BCUT2D eigenvalue weighted by molar-refractivity contribution is 6.04. The van der Waals surface area contributed by atoms with E-state index in [1.54, 1.807) is 10.9 Å². The number of amides is 1. The van der Waals surface area contributed by atoms with Gasteiger partial charge in [-0.05, 0) is 45.0 Å². The fraction of sp³-hybridized carbons (Fsp3) is 0.333. The van der Waals surface area contributed by atoms with Gasteiger partial charge in [0.05, 0.1) is 18.4 Å². The zero-order valence-electron chi connectivity index (χ0n) is 12.0. The van der Waals surface area contributed by atoms with E-state index in [-0.39, 0.29) is 5.91 Å². The van der Waals surface area contributed by atoms with E-state index < -0.39 is 0 Å². The fourth-order valence-corrected chi connectivity index (χ4v) is 1.99. The van der Waals surface area contributed by atoms with Crippen LogP contribution in [0.1, 0.15) is 29.9 Å². The van der Waals surface area contributed by atoms with Gasteiger partial charge >= 0.3 is 0 Å². The number of carbonyl (C=O) groups is 1. The molecular weight excluding hydrogens is 254 g/mol. The maximum Gasteiger partial charge on any atom is 0.259 e. The number of aryl methyl sites for hydroxylation is 1. The summed E-state index contributed by atoms with van der Waals surface area (Å²) in [5.41, 5.74) is 2.21. The lowest BCUT2D eigenvalue weighted by Gasteiger charge is -2.07. The molecule has 0 bridgehead atoms. The molecule has 1 aromatic carbocycles. The molecule has 0 unspecified atom stereocenters. The van der Waals surface area contributed by atoms with Crippen molar-refractivity contribution >= 4 is 11.6 Å². The minimum absolute atomic E-state index is 0.147. The van der Waals surface area contributed by atoms with E-state index in [4.69, 9.17) is 4.74 Å². The molecule has 5 heteroatoms. The van der Waals surface area contributed by atoms with E-state index >= 15 is 0 Å². The van der Waals surface area contributed by atoms with Crippen molar-refractivity contribution in [2.24, 2.45) is 0 Å². The Labute approximate surface area is 118 Å². The van der Waals surface area contributed by atoms with Crippen LogP contribution in [0.2, 0.25) is 0 Å². The molecule has 0 spiro atoms. The smallest absolute Gasteiger partial charge is 0.259 e. The molecule has 106 valence electrons. The topological polar surface area (TPSA) is 56.1 Å². The Morgan fingerprint density at radius 1 is 1.30 bits per heavy atom. The number of nitrogens with zero attached hydrogens (tertiary/aromatic N) is 2.